The highest BCUT2D eigenvalue weighted by atomic mass is 19.4. The van der Waals surface area contributed by atoms with Crippen LogP contribution in [-0.2, 0) is 0 Å². The van der Waals surface area contributed by atoms with E-state index in [1.165, 1.54) is 18.2 Å². The molecule has 0 bridgehead atoms. The average Bonchev–Trinajstić information content (AvgIpc) is 2.20. The number of urea groups is 1. The van der Waals surface area contributed by atoms with Crippen LogP contribution < -0.4 is 10.6 Å². The molecule has 0 spiro atoms. The van der Waals surface area contributed by atoms with Crippen LogP contribution in [0.1, 0.15) is 5.56 Å². The third-order valence-electron chi connectivity index (χ3n) is 1.90. The first-order chi connectivity index (χ1) is 7.78. The molecule has 17 heavy (non-hydrogen) atoms. The fraction of sp³-hybridized carbons (Fsp3) is 0.300. The minimum atomic E-state index is -4.44. The number of benzene rings is 1. The summed E-state index contributed by atoms with van der Waals surface area (Å²) in [6, 6.07) is 3.22. The van der Waals surface area contributed by atoms with Crippen LogP contribution in [0.2, 0.25) is 0 Å². The number of halogens is 3. The maximum Gasteiger partial charge on any atom is 0.405 e. The maximum atomic E-state index is 11.8. The number of aryl methyl sites for hydroxylation is 1. The van der Waals surface area contributed by atoms with Gasteiger partial charge in [-0.15, -0.1) is 0 Å². The van der Waals surface area contributed by atoms with E-state index in [2.05, 4.69) is 5.32 Å². The van der Waals surface area contributed by atoms with Crippen LogP contribution in [0.3, 0.4) is 0 Å². The molecular formula is C10H11F3N2O2. The molecule has 0 radical (unpaired) electrons. The van der Waals surface area contributed by atoms with Gasteiger partial charge in [0.15, 0.2) is 0 Å². The summed E-state index contributed by atoms with van der Waals surface area (Å²) in [5, 5.41) is 13.1. The molecule has 0 aliphatic heterocycles. The Morgan fingerprint density at radius 2 is 2.06 bits per heavy atom. The second-order valence-corrected chi connectivity index (χ2v) is 3.42. The lowest BCUT2D eigenvalue weighted by atomic mass is 10.2. The number of rotatable bonds is 2. The van der Waals surface area contributed by atoms with Gasteiger partial charge in [0.05, 0.1) is 0 Å². The molecule has 4 nitrogen and oxygen atoms in total. The number of alkyl halides is 3. The molecule has 2 amide bonds. The zero-order valence-electron chi connectivity index (χ0n) is 8.93. The van der Waals surface area contributed by atoms with E-state index in [1.54, 1.807) is 12.2 Å². The van der Waals surface area contributed by atoms with E-state index in [0.29, 0.717) is 11.3 Å². The Morgan fingerprint density at radius 1 is 1.41 bits per heavy atom. The number of carbonyl (C=O) groups excluding carboxylic acids is 1. The molecule has 0 saturated carbocycles. The number of amides is 2. The molecule has 1 rings (SSSR count). The van der Waals surface area contributed by atoms with Gasteiger partial charge in [-0.1, -0.05) is 0 Å². The van der Waals surface area contributed by atoms with Gasteiger partial charge in [0.25, 0.3) is 0 Å². The van der Waals surface area contributed by atoms with Gasteiger partial charge in [-0.3, -0.25) is 0 Å². The summed E-state index contributed by atoms with van der Waals surface area (Å²) in [5.41, 5.74) is 0.818. The van der Waals surface area contributed by atoms with Gasteiger partial charge < -0.3 is 15.7 Å². The van der Waals surface area contributed by atoms with E-state index in [9.17, 15) is 23.1 Å². The van der Waals surface area contributed by atoms with E-state index in [-0.39, 0.29) is 5.75 Å². The van der Waals surface area contributed by atoms with Gasteiger partial charge >= 0.3 is 12.2 Å². The summed E-state index contributed by atoms with van der Waals surface area (Å²) in [6.45, 7) is 0.212. The number of nitrogens with one attached hydrogen (secondary N) is 2. The normalized spacial score (nSPS) is 11.1. The van der Waals surface area contributed by atoms with Gasteiger partial charge in [-0.05, 0) is 30.7 Å². The molecule has 1 aromatic carbocycles. The van der Waals surface area contributed by atoms with Gasteiger partial charge in [-0.2, -0.15) is 13.2 Å². The van der Waals surface area contributed by atoms with Crippen molar-refractivity contribution in [2.24, 2.45) is 0 Å². The number of anilines is 1. The lowest BCUT2D eigenvalue weighted by Crippen LogP contribution is -2.36. The van der Waals surface area contributed by atoms with E-state index in [1.807, 2.05) is 0 Å². The molecule has 0 saturated heterocycles. The Labute approximate surface area is 95.4 Å². The number of aromatic hydroxyl groups is 1. The highest BCUT2D eigenvalue weighted by Crippen LogP contribution is 2.20. The minimum absolute atomic E-state index is 0.0475. The highest BCUT2D eigenvalue weighted by molar-refractivity contribution is 5.89. The molecule has 7 heteroatoms. The molecule has 0 aliphatic rings. The van der Waals surface area contributed by atoms with E-state index in [0.717, 1.165) is 0 Å². The summed E-state index contributed by atoms with van der Waals surface area (Å²) >= 11 is 0. The average molecular weight is 248 g/mol. The van der Waals surface area contributed by atoms with Crippen molar-refractivity contribution in [1.29, 1.82) is 0 Å². The first kappa shape index (κ1) is 13.1. The van der Waals surface area contributed by atoms with E-state index >= 15 is 0 Å². The SMILES string of the molecule is Cc1cc(NC(=O)NCC(F)(F)F)ccc1O. The zero-order chi connectivity index (χ0) is 13.1. The molecule has 3 N–H and O–H groups in total. The van der Waals surface area contributed by atoms with Crippen molar-refractivity contribution in [3.63, 3.8) is 0 Å². The minimum Gasteiger partial charge on any atom is -0.508 e. The van der Waals surface area contributed by atoms with E-state index in [4.69, 9.17) is 0 Å². The molecule has 94 valence electrons. The van der Waals surface area contributed by atoms with Crippen molar-refractivity contribution >= 4 is 11.7 Å². The number of phenols is 1. The first-order valence-corrected chi connectivity index (χ1v) is 4.69. The van der Waals surface area contributed by atoms with Crippen molar-refractivity contribution in [3.05, 3.63) is 23.8 Å². The maximum absolute atomic E-state index is 11.8. The number of hydrogen-bond acceptors (Lipinski definition) is 2. The summed E-state index contributed by atoms with van der Waals surface area (Å²) in [6.07, 6.45) is -4.44. The topological polar surface area (TPSA) is 61.4 Å². The fourth-order valence-electron chi connectivity index (χ4n) is 1.09. The van der Waals surface area contributed by atoms with Crippen molar-refractivity contribution in [2.75, 3.05) is 11.9 Å². The van der Waals surface area contributed by atoms with Crippen molar-refractivity contribution in [3.8, 4) is 5.75 Å². The molecule has 1 aromatic rings. The molecule has 0 atom stereocenters. The van der Waals surface area contributed by atoms with Crippen LogP contribution in [-0.4, -0.2) is 23.9 Å². The summed E-state index contributed by atoms with van der Waals surface area (Å²) in [4.78, 5) is 11.1. The van der Waals surface area contributed by atoms with Crippen molar-refractivity contribution < 1.29 is 23.1 Å². The van der Waals surface area contributed by atoms with Crippen molar-refractivity contribution in [1.82, 2.24) is 5.32 Å². The molecule has 0 aliphatic carbocycles. The van der Waals surface area contributed by atoms with Gasteiger partial charge in [-0.25, -0.2) is 4.79 Å². The second kappa shape index (κ2) is 4.94. The third kappa shape index (κ3) is 4.62. The Balaban J connectivity index is 2.54. The molecular weight excluding hydrogens is 237 g/mol. The third-order valence-corrected chi connectivity index (χ3v) is 1.90. The van der Waals surface area contributed by atoms with Crippen LogP contribution >= 0.6 is 0 Å². The zero-order valence-corrected chi connectivity index (χ0v) is 8.93. The van der Waals surface area contributed by atoms with Crippen LogP contribution in [0.4, 0.5) is 23.7 Å². The number of carbonyl (C=O) groups is 1. The first-order valence-electron chi connectivity index (χ1n) is 4.69. The van der Waals surface area contributed by atoms with Gasteiger partial charge in [0.2, 0.25) is 0 Å². The monoisotopic (exact) mass is 248 g/mol. The summed E-state index contributed by atoms with van der Waals surface area (Å²) in [5.74, 6) is 0.0475. The fourth-order valence-corrected chi connectivity index (χ4v) is 1.09. The molecule has 0 heterocycles. The standard InChI is InChI=1S/C10H11F3N2O2/c1-6-4-7(2-3-8(6)16)15-9(17)14-5-10(11,12)13/h2-4,16H,5H2,1H3,(H2,14,15,17). The highest BCUT2D eigenvalue weighted by Gasteiger charge is 2.27. The Morgan fingerprint density at radius 3 is 2.59 bits per heavy atom. The number of hydrogen-bond donors (Lipinski definition) is 3. The quantitative estimate of drug-likeness (QED) is 0.704. The smallest absolute Gasteiger partial charge is 0.405 e. The second-order valence-electron chi connectivity index (χ2n) is 3.42. The predicted molar refractivity (Wildman–Crippen MR) is 55.9 cm³/mol. The lowest BCUT2D eigenvalue weighted by molar-refractivity contribution is -0.122. The predicted octanol–water partition coefficient (Wildman–Crippen LogP) is 2.38. The van der Waals surface area contributed by atoms with Gasteiger partial charge in [0, 0.05) is 5.69 Å². The van der Waals surface area contributed by atoms with Crippen molar-refractivity contribution in [2.45, 2.75) is 13.1 Å². The Hall–Kier alpha value is -1.92. The van der Waals surface area contributed by atoms with Crippen LogP contribution in [0.15, 0.2) is 18.2 Å². The lowest BCUT2D eigenvalue weighted by Gasteiger charge is -2.10. The van der Waals surface area contributed by atoms with Gasteiger partial charge in [0.1, 0.15) is 12.3 Å². The van der Waals surface area contributed by atoms with E-state index < -0.39 is 18.8 Å². The molecule has 0 unspecified atom stereocenters. The summed E-state index contributed by atoms with van der Waals surface area (Å²) < 4.78 is 35.4. The molecule has 0 fully saturated rings. The van der Waals surface area contributed by atoms with Crippen LogP contribution in [0, 0.1) is 6.92 Å². The van der Waals surface area contributed by atoms with Crippen LogP contribution in [0.5, 0.6) is 5.75 Å². The molecule has 0 aromatic heterocycles. The van der Waals surface area contributed by atoms with Crippen LogP contribution in [0.25, 0.3) is 0 Å². The summed E-state index contributed by atoms with van der Waals surface area (Å²) in [7, 11) is 0. The Bertz CT molecular complexity index is 419. The Kier molecular flexibility index (Phi) is 3.82. The largest absolute Gasteiger partial charge is 0.508 e. The number of phenolic OH excluding ortho intramolecular Hbond substituents is 1.